The second kappa shape index (κ2) is 13.1. The van der Waals surface area contributed by atoms with E-state index in [2.05, 4.69) is 52.0 Å². The van der Waals surface area contributed by atoms with E-state index in [0.29, 0.717) is 0 Å². The van der Waals surface area contributed by atoms with Gasteiger partial charge >= 0.3 is 0 Å². The molecule has 4 nitrogen and oxygen atoms in total. The molecule has 0 aliphatic rings. The van der Waals surface area contributed by atoms with Crippen molar-refractivity contribution >= 4 is 11.0 Å². The molecule has 0 bridgehead atoms. The zero-order valence-electron chi connectivity index (χ0n) is 22.4. The molecule has 1 radical (unpaired) electrons. The number of rotatable bonds is 4. The molecule has 0 amide bonds. The van der Waals surface area contributed by atoms with Crippen LogP contribution in [0.2, 0.25) is 0 Å². The van der Waals surface area contributed by atoms with Crippen LogP contribution in [0.25, 0.3) is 50.6 Å². The Kier molecular flexibility index (Phi) is 8.90. The van der Waals surface area contributed by atoms with Gasteiger partial charge in [0.2, 0.25) is 0 Å². The van der Waals surface area contributed by atoms with Crippen LogP contribution in [0.3, 0.4) is 0 Å². The summed E-state index contributed by atoms with van der Waals surface area (Å²) in [7, 11) is 0. The summed E-state index contributed by atoms with van der Waals surface area (Å²) in [6.45, 7) is 2.02. The van der Waals surface area contributed by atoms with Crippen molar-refractivity contribution in [1.29, 1.82) is 0 Å². The smallest absolute Gasteiger partial charge is 0.0987 e. The van der Waals surface area contributed by atoms with Gasteiger partial charge in [0.25, 0.3) is 0 Å². The molecule has 3 aromatic heterocycles. The van der Waals surface area contributed by atoms with Gasteiger partial charge in [-0.25, -0.2) is 0 Å². The minimum Gasteiger partial charge on any atom is -0.333 e. The predicted octanol–water partition coefficient (Wildman–Crippen LogP) is 8.41. The van der Waals surface area contributed by atoms with Crippen LogP contribution < -0.4 is 0 Å². The largest absolute Gasteiger partial charge is 0.333 e. The molecule has 7 aromatic rings. The van der Waals surface area contributed by atoms with Gasteiger partial charge in [-0.15, -0.1) is 71.8 Å². The Morgan fingerprint density at radius 1 is 0.610 bits per heavy atom. The van der Waals surface area contributed by atoms with Crippen LogP contribution in [0.4, 0.5) is 0 Å². The molecule has 201 valence electrons. The molecule has 7 rings (SSSR count). The van der Waals surface area contributed by atoms with Crippen LogP contribution in [0, 0.1) is 19.1 Å². The Morgan fingerprint density at radius 2 is 1.24 bits per heavy atom. The first-order chi connectivity index (χ1) is 19.8. The van der Waals surface area contributed by atoms with Gasteiger partial charge in [-0.3, -0.25) is 9.97 Å². The van der Waals surface area contributed by atoms with E-state index >= 15 is 0 Å². The Labute approximate surface area is 253 Å². The summed E-state index contributed by atoms with van der Waals surface area (Å²) in [5.41, 5.74) is 8.97. The number of hydrogen-bond acceptors (Lipinski definition) is 3. The van der Waals surface area contributed by atoms with Crippen molar-refractivity contribution in [3.63, 3.8) is 0 Å². The molecule has 0 aliphatic carbocycles. The fourth-order valence-electron chi connectivity index (χ4n) is 4.61. The van der Waals surface area contributed by atoms with Crippen LogP contribution >= 0.6 is 0 Å². The van der Waals surface area contributed by atoms with Gasteiger partial charge in [0.1, 0.15) is 0 Å². The minimum atomic E-state index is 0. The maximum Gasteiger partial charge on any atom is 0.0987 e. The number of pyridine rings is 2. The zero-order chi connectivity index (χ0) is 27.1. The van der Waals surface area contributed by atoms with Crippen LogP contribution in [0.1, 0.15) is 5.69 Å². The van der Waals surface area contributed by atoms with Gasteiger partial charge in [-0.1, -0.05) is 60.7 Å². The standard InChI is InChI=1S/C25H18N3.C11H8N.Ir/c1-18-24-23(17-22(26-18)19-11-5-2-6-12-19)28(21-15-9-4-10-16-21)25(27-24)20-13-7-3-8-14-20;1-2-6-10(7-3-1)11-8-4-5-9-12-11;/h2-13,15-17H,1H3;1-6,8-9H;/q2*-1;. The fourth-order valence-corrected chi connectivity index (χ4v) is 4.61. The number of hydrogen-bond donors (Lipinski definition) is 0. The minimum absolute atomic E-state index is 0. The van der Waals surface area contributed by atoms with E-state index in [1.165, 1.54) is 0 Å². The third kappa shape index (κ3) is 6.22. The van der Waals surface area contributed by atoms with E-state index in [1.807, 2.05) is 110 Å². The summed E-state index contributed by atoms with van der Waals surface area (Å²) in [4.78, 5) is 14.0. The first-order valence-corrected chi connectivity index (χ1v) is 13.1. The molecule has 0 fully saturated rings. The molecule has 0 N–H and O–H groups in total. The number of imidazole rings is 1. The van der Waals surface area contributed by atoms with Crippen molar-refractivity contribution in [2.24, 2.45) is 0 Å². The zero-order valence-corrected chi connectivity index (χ0v) is 24.8. The van der Waals surface area contributed by atoms with Crippen molar-refractivity contribution in [2.75, 3.05) is 0 Å². The summed E-state index contributed by atoms with van der Waals surface area (Å²) < 4.78 is 2.20. The molecule has 0 spiro atoms. The van der Waals surface area contributed by atoms with Crippen molar-refractivity contribution in [3.8, 4) is 39.6 Å². The average molecular weight is 707 g/mol. The van der Waals surface area contributed by atoms with Crippen molar-refractivity contribution in [2.45, 2.75) is 6.92 Å². The Bertz CT molecular complexity index is 1780. The number of nitrogens with zero attached hydrogens (tertiary/aromatic N) is 4. The molecular formula is C36H26IrN4-2. The Hall–Kier alpha value is -4.70. The van der Waals surface area contributed by atoms with Crippen LogP contribution in [0.15, 0.2) is 140 Å². The van der Waals surface area contributed by atoms with E-state index in [0.717, 1.165) is 56.3 Å². The summed E-state index contributed by atoms with van der Waals surface area (Å²) >= 11 is 0. The van der Waals surface area contributed by atoms with Crippen molar-refractivity contribution < 1.29 is 20.1 Å². The van der Waals surface area contributed by atoms with Gasteiger partial charge in [-0.2, -0.15) is 0 Å². The van der Waals surface area contributed by atoms with Gasteiger partial charge < -0.3 is 9.55 Å². The molecule has 4 aromatic carbocycles. The van der Waals surface area contributed by atoms with Gasteiger partial charge in [0.05, 0.1) is 28.2 Å². The maximum atomic E-state index is 4.96. The Morgan fingerprint density at radius 3 is 1.88 bits per heavy atom. The second-order valence-corrected chi connectivity index (χ2v) is 9.20. The van der Waals surface area contributed by atoms with E-state index in [4.69, 9.17) is 9.97 Å². The van der Waals surface area contributed by atoms with Crippen molar-refractivity contribution in [3.05, 3.63) is 157 Å². The number of benzene rings is 4. The van der Waals surface area contributed by atoms with Gasteiger partial charge in [-0.05, 0) is 36.9 Å². The monoisotopic (exact) mass is 707 g/mol. The van der Waals surface area contributed by atoms with Crippen LogP contribution in [-0.4, -0.2) is 19.5 Å². The number of aryl methyl sites for hydroxylation is 1. The predicted molar refractivity (Wildman–Crippen MR) is 162 cm³/mol. The summed E-state index contributed by atoms with van der Waals surface area (Å²) in [6, 6.07) is 50.8. The van der Waals surface area contributed by atoms with Crippen LogP contribution in [-0.2, 0) is 20.1 Å². The number of fused-ring (bicyclic) bond motifs is 1. The van der Waals surface area contributed by atoms with E-state index in [9.17, 15) is 0 Å². The maximum absolute atomic E-state index is 4.96. The normalized spacial score (nSPS) is 10.4. The summed E-state index contributed by atoms with van der Waals surface area (Å²) in [5.74, 6) is 0.872. The third-order valence-electron chi connectivity index (χ3n) is 6.50. The fraction of sp³-hybridized carbons (Fsp3) is 0.0278. The van der Waals surface area contributed by atoms with E-state index in [1.54, 1.807) is 6.20 Å². The average Bonchev–Trinajstić information content (AvgIpc) is 3.44. The molecular weight excluding hydrogens is 681 g/mol. The van der Waals surface area contributed by atoms with Crippen LogP contribution in [0.5, 0.6) is 0 Å². The first-order valence-electron chi connectivity index (χ1n) is 13.1. The van der Waals surface area contributed by atoms with E-state index < -0.39 is 0 Å². The van der Waals surface area contributed by atoms with Crippen molar-refractivity contribution in [1.82, 2.24) is 19.5 Å². The van der Waals surface area contributed by atoms with E-state index in [-0.39, 0.29) is 20.1 Å². The molecule has 0 unspecified atom stereocenters. The molecule has 3 heterocycles. The Balaban J connectivity index is 0.000000218. The number of para-hydroxylation sites is 1. The number of aromatic nitrogens is 4. The second-order valence-electron chi connectivity index (χ2n) is 9.20. The third-order valence-corrected chi connectivity index (χ3v) is 6.50. The van der Waals surface area contributed by atoms with Gasteiger partial charge in [0.15, 0.2) is 0 Å². The first kappa shape index (κ1) is 27.9. The quantitative estimate of drug-likeness (QED) is 0.173. The molecule has 0 aliphatic heterocycles. The molecule has 0 saturated carbocycles. The summed E-state index contributed by atoms with van der Waals surface area (Å²) in [5, 5.41) is 0. The SMILES string of the molecule is Cc1nc(-c2ccccc2)cc2c1nc(-c1[c-]cccc1)n2-c1ccccc1.[Ir].[c-]1ccccc1-c1ccccn1. The molecule has 5 heteroatoms. The topological polar surface area (TPSA) is 43.6 Å². The molecule has 0 atom stereocenters. The molecule has 0 saturated heterocycles. The van der Waals surface area contributed by atoms with Gasteiger partial charge in [0, 0.05) is 37.6 Å². The summed E-state index contributed by atoms with van der Waals surface area (Å²) in [6.07, 6.45) is 1.79. The molecule has 41 heavy (non-hydrogen) atoms.